The zero-order chi connectivity index (χ0) is 18.8. The van der Waals surface area contributed by atoms with Gasteiger partial charge in [-0.3, -0.25) is 9.59 Å². The first-order valence-corrected chi connectivity index (χ1v) is 8.45. The number of para-hydroxylation sites is 1. The number of carbonyl (C=O) groups is 2. The highest BCUT2D eigenvalue weighted by Gasteiger charge is 2.13. The van der Waals surface area contributed by atoms with E-state index in [1.165, 1.54) is 0 Å². The molecule has 0 saturated heterocycles. The van der Waals surface area contributed by atoms with Crippen LogP contribution in [0, 0.1) is 6.92 Å². The molecule has 0 heterocycles. The molecular weight excluding hydrogens is 334 g/mol. The normalized spacial score (nSPS) is 10.1. The van der Waals surface area contributed by atoms with Gasteiger partial charge in [0.15, 0.2) is 0 Å². The molecule has 26 heavy (non-hydrogen) atoms. The van der Waals surface area contributed by atoms with E-state index in [9.17, 15) is 9.59 Å². The molecule has 6 nitrogen and oxygen atoms in total. The molecule has 0 bridgehead atoms. The Morgan fingerprint density at radius 1 is 1.00 bits per heavy atom. The Morgan fingerprint density at radius 2 is 1.81 bits per heavy atom. The van der Waals surface area contributed by atoms with Crippen LogP contribution in [0.5, 0.6) is 11.5 Å². The van der Waals surface area contributed by atoms with Crippen molar-refractivity contribution in [2.45, 2.75) is 13.8 Å². The SMILES string of the molecule is CCOc1ccccc1C(=O)NCC(=O)OCCOc1cccc(C)c1. The van der Waals surface area contributed by atoms with Gasteiger partial charge in [-0.1, -0.05) is 24.3 Å². The summed E-state index contributed by atoms with van der Waals surface area (Å²) in [5, 5.41) is 2.53. The second-order valence-corrected chi connectivity index (χ2v) is 5.50. The van der Waals surface area contributed by atoms with Crippen LogP contribution in [0.4, 0.5) is 0 Å². The molecule has 1 amide bonds. The summed E-state index contributed by atoms with van der Waals surface area (Å²) in [5.74, 6) is 0.288. The highest BCUT2D eigenvalue weighted by Crippen LogP contribution is 2.17. The number of benzene rings is 2. The van der Waals surface area contributed by atoms with Crippen molar-refractivity contribution < 1.29 is 23.8 Å². The first-order chi connectivity index (χ1) is 12.6. The smallest absolute Gasteiger partial charge is 0.325 e. The van der Waals surface area contributed by atoms with E-state index in [0.29, 0.717) is 17.9 Å². The lowest BCUT2D eigenvalue weighted by molar-refractivity contribution is -0.143. The van der Waals surface area contributed by atoms with Gasteiger partial charge in [-0.05, 0) is 43.7 Å². The number of nitrogens with one attached hydrogen (secondary N) is 1. The Balaban J connectivity index is 1.71. The summed E-state index contributed by atoms with van der Waals surface area (Å²) in [6.45, 7) is 4.40. The van der Waals surface area contributed by atoms with E-state index in [1.54, 1.807) is 24.3 Å². The van der Waals surface area contributed by atoms with Gasteiger partial charge in [0.25, 0.3) is 5.91 Å². The Hall–Kier alpha value is -3.02. The van der Waals surface area contributed by atoms with Gasteiger partial charge in [0, 0.05) is 0 Å². The van der Waals surface area contributed by atoms with Crippen molar-refractivity contribution in [2.75, 3.05) is 26.4 Å². The Bertz CT molecular complexity index is 744. The van der Waals surface area contributed by atoms with Gasteiger partial charge in [-0.25, -0.2) is 0 Å². The van der Waals surface area contributed by atoms with E-state index in [1.807, 2.05) is 38.1 Å². The molecule has 0 aliphatic heterocycles. The minimum Gasteiger partial charge on any atom is -0.493 e. The van der Waals surface area contributed by atoms with Crippen molar-refractivity contribution in [3.8, 4) is 11.5 Å². The average Bonchev–Trinajstić information content (AvgIpc) is 2.64. The number of ether oxygens (including phenoxy) is 3. The molecule has 0 spiro atoms. The van der Waals surface area contributed by atoms with Gasteiger partial charge in [0.1, 0.15) is 31.3 Å². The van der Waals surface area contributed by atoms with Crippen LogP contribution < -0.4 is 14.8 Å². The fourth-order valence-corrected chi connectivity index (χ4v) is 2.25. The summed E-state index contributed by atoms with van der Waals surface area (Å²) >= 11 is 0. The van der Waals surface area contributed by atoms with Crippen molar-refractivity contribution in [3.05, 3.63) is 59.7 Å². The molecule has 0 unspecified atom stereocenters. The maximum atomic E-state index is 12.2. The van der Waals surface area contributed by atoms with Crippen LogP contribution >= 0.6 is 0 Å². The summed E-state index contributed by atoms with van der Waals surface area (Å²) in [6, 6.07) is 14.5. The first-order valence-electron chi connectivity index (χ1n) is 8.45. The van der Waals surface area contributed by atoms with Gasteiger partial charge in [-0.15, -0.1) is 0 Å². The van der Waals surface area contributed by atoms with E-state index in [2.05, 4.69) is 5.32 Å². The Labute approximate surface area is 153 Å². The molecule has 2 aromatic rings. The molecule has 0 aromatic heterocycles. The number of aryl methyl sites for hydroxylation is 1. The van der Waals surface area contributed by atoms with E-state index < -0.39 is 5.97 Å². The van der Waals surface area contributed by atoms with Crippen molar-refractivity contribution in [1.29, 1.82) is 0 Å². The predicted molar refractivity (Wildman–Crippen MR) is 97.6 cm³/mol. The zero-order valence-corrected chi connectivity index (χ0v) is 15.0. The first kappa shape index (κ1) is 19.3. The number of hydrogen-bond acceptors (Lipinski definition) is 5. The molecule has 2 rings (SSSR count). The lowest BCUT2D eigenvalue weighted by Gasteiger charge is -2.11. The van der Waals surface area contributed by atoms with Crippen LogP contribution in [0.3, 0.4) is 0 Å². The number of esters is 1. The van der Waals surface area contributed by atoms with Crippen LogP contribution in [-0.2, 0) is 9.53 Å². The molecule has 0 aliphatic rings. The third-order valence-electron chi connectivity index (χ3n) is 3.43. The van der Waals surface area contributed by atoms with Crippen molar-refractivity contribution in [2.24, 2.45) is 0 Å². The highest BCUT2D eigenvalue weighted by molar-refractivity contribution is 5.98. The fourth-order valence-electron chi connectivity index (χ4n) is 2.25. The minimum absolute atomic E-state index is 0.109. The lowest BCUT2D eigenvalue weighted by atomic mass is 10.2. The number of rotatable bonds is 9. The maximum absolute atomic E-state index is 12.2. The second kappa shape index (κ2) is 10.1. The molecule has 0 fully saturated rings. The third-order valence-corrected chi connectivity index (χ3v) is 3.43. The van der Waals surface area contributed by atoms with Gasteiger partial charge in [-0.2, -0.15) is 0 Å². The van der Waals surface area contributed by atoms with Gasteiger partial charge in [0.2, 0.25) is 0 Å². The summed E-state index contributed by atoms with van der Waals surface area (Å²) < 4.78 is 15.9. The van der Waals surface area contributed by atoms with E-state index in [4.69, 9.17) is 14.2 Å². The minimum atomic E-state index is -0.528. The monoisotopic (exact) mass is 357 g/mol. The Kier molecular flexibility index (Phi) is 7.49. The van der Waals surface area contributed by atoms with Crippen molar-refractivity contribution in [1.82, 2.24) is 5.32 Å². The second-order valence-electron chi connectivity index (χ2n) is 5.50. The maximum Gasteiger partial charge on any atom is 0.325 e. The number of amides is 1. The largest absolute Gasteiger partial charge is 0.493 e. The molecule has 0 aliphatic carbocycles. The highest BCUT2D eigenvalue weighted by atomic mass is 16.6. The lowest BCUT2D eigenvalue weighted by Crippen LogP contribution is -2.31. The number of carbonyl (C=O) groups excluding carboxylic acids is 2. The number of hydrogen-bond donors (Lipinski definition) is 1. The van der Waals surface area contributed by atoms with Crippen LogP contribution in [0.1, 0.15) is 22.8 Å². The van der Waals surface area contributed by atoms with Crippen molar-refractivity contribution in [3.63, 3.8) is 0 Å². The van der Waals surface area contributed by atoms with Crippen LogP contribution in [0.2, 0.25) is 0 Å². The molecule has 0 saturated carbocycles. The molecule has 2 aromatic carbocycles. The van der Waals surface area contributed by atoms with E-state index in [0.717, 1.165) is 11.3 Å². The van der Waals surface area contributed by atoms with E-state index >= 15 is 0 Å². The quantitative estimate of drug-likeness (QED) is 0.552. The standard InChI is InChI=1S/C20H23NO5/c1-3-24-18-10-5-4-9-17(18)20(23)21-14-19(22)26-12-11-25-16-8-6-7-15(2)13-16/h4-10,13H,3,11-12,14H2,1-2H3,(H,21,23). The average molecular weight is 357 g/mol. The van der Waals surface area contributed by atoms with Gasteiger partial charge in [0.05, 0.1) is 12.2 Å². The van der Waals surface area contributed by atoms with Crippen molar-refractivity contribution >= 4 is 11.9 Å². The van der Waals surface area contributed by atoms with Crippen LogP contribution in [0.15, 0.2) is 48.5 Å². The molecule has 138 valence electrons. The molecule has 6 heteroatoms. The summed E-state index contributed by atoms with van der Waals surface area (Å²) in [6.07, 6.45) is 0. The molecule has 0 radical (unpaired) electrons. The van der Waals surface area contributed by atoms with Gasteiger partial charge >= 0.3 is 5.97 Å². The molecule has 0 atom stereocenters. The summed E-state index contributed by atoms with van der Waals surface area (Å²) in [4.78, 5) is 23.9. The summed E-state index contributed by atoms with van der Waals surface area (Å²) in [7, 11) is 0. The van der Waals surface area contributed by atoms with Crippen LogP contribution in [-0.4, -0.2) is 38.2 Å². The fraction of sp³-hybridized carbons (Fsp3) is 0.300. The predicted octanol–water partition coefficient (Wildman–Crippen LogP) is 2.75. The van der Waals surface area contributed by atoms with Gasteiger partial charge < -0.3 is 19.5 Å². The molecule has 1 N–H and O–H groups in total. The topological polar surface area (TPSA) is 73.9 Å². The van der Waals surface area contributed by atoms with Crippen LogP contribution in [0.25, 0.3) is 0 Å². The zero-order valence-electron chi connectivity index (χ0n) is 15.0. The molecular formula is C20H23NO5. The third kappa shape index (κ3) is 6.12. The van der Waals surface area contributed by atoms with E-state index in [-0.39, 0.29) is 25.7 Å². The Morgan fingerprint density at radius 3 is 2.58 bits per heavy atom. The summed E-state index contributed by atoms with van der Waals surface area (Å²) in [5.41, 5.74) is 1.47.